The van der Waals surface area contributed by atoms with Gasteiger partial charge in [0.2, 0.25) is 0 Å². The van der Waals surface area contributed by atoms with Gasteiger partial charge in [0.15, 0.2) is 0 Å². The van der Waals surface area contributed by atoms with Gasteiger partial charge in [-0.05, 0) is 49.1 Å². The third-order valence-electron chi connectivity index (χ3n) is 5.02. The zero-order valence-corrected chi connectivity index (χ0v) is 15.0. The molecule has 27 heavy (non-hydrogen) atoms. The minimum atomic E-state index is -0.355. The van der Waals surface area contributed by atoms with Crippen molar-refractivity contribution in [2.75, 3.05) is 6.54 Å². The highest BCUT2D eigenvalue weighted by Gasteiger charge is 2.30. The molecular formula is C22H21N3O2. The summed E-state index contributed by atoms with van der Waals surface area (Å²) in [5.41, 5.74) is 2.32. The number of rotatable bonds is 3. The molecule has 3 aromatic rings. The van der Waals surface area contributed by atoms with Crippen LogP contribution in [0.1, 0.15) is 41.4 Å². The standard InChI is InChI=1S/C22H21N3O2/c26-21-17(12-13-18(24-21)16-8-2-1-3-9-16)22(27)25-15-7-5-11-20(25)19-10-4-6-14-23-19/h1-4,6,8-10,12-14,20H,5,7,11,15H2,(H,24,26)/t20-/m1/s1. The number of carbonyl (C=O) groups is 1. The normalized spacial score (nSPS) is 16.9. The van der Waals surface area contributed by atoms with E-state index in [1.165, 1.54) is 0 Å². The Morgan fingerprint density at radius 2 is 1.81 bits per heavy atom. The Hall–Kier alpha value is -3.21. The van der Waals surface area contributed by atoms with Crippen molar-refractivity contribution in [3.05, 3.63) is 88.5 Å². The number of aromatic amines is 1. The van der Waals surface area contributed by atoms with Crippen molar-refractivity contribution in [2.24, 2.45) is 0 Å². The summed E-state index contributed by atoms with van der Waals surface area (Å²) in [4.78, 5) is 34.8. The van der Waals surface area contributed by atoms with E-state index in [0.717, 1.165) is 30.5 Å². The van der Waals surface area contributed by atoms with Crippen molar-refractivity contribution in [1.82, 2.24) is 14.9 Å². The lowest BCUT2D eigenvalue weighted by molar-refractivity contribution is 0.0604. The molecule has 136 valence electrons. The van der Waals surface area contributed by atoms with Gasteiger partial charge >= 0.3 is 0 Å². The number of hydrogen-bond donors (Lipinski definition) is 1. The number of hydrogen-bond acceptors (Lipinski definition) is 3. The molecule has 1 saturated heterocycles. The number of aromatic nitrogens is 2. The topological polar surface area (TPSA) is 66.1 Å². The number of nitrogens with zero attached hydrogens (tertiary/aromatic N) is 2. The van der Waals surface area contributed by atoms with E-state index in [4.69, 9.17) is 0 Å². The number of piperidine rings is 1. The molecule has 0 aliphatic carbocycles. The molecule has 1 atom stereocenters. The lowest BCUT2D eigenvalue weighted by Gasteiger charge is -2.35. The Morgan fingerprint density at radius 1 is 1.00 bits per heavy atom. The second kappa shape index (κ2) is 7.58. The van der Waals surface area contributed by atoms with Crippen LogP contribution in [0.4, 0.5) is 0 Å². The van der Waals surface area contributed by atoms with Crippen LogP contribution in [0.25, 0.3) is 11.3 Å². The number of benzene rings is 1. The smallest absolute Gasteiger partial charge is 0.261 e. The van der Waals surface area contributed by atoms with Gasteiger partial charge < -0.3 is 9.88 Å². The van der Waals surface area contributed by atoms with Crippen molar-refractivity contribution in [1.29, 1.82) is 0 Å². The highest BCUT2D eigenvalue weighted by Crippen LogP contribution is 2.30. The molecule has 0 spiro atoms. The minimum Gasteiger partial charge on any atom is -0.330 e. The molecule has 5 heteroatoms. The van der Waals surface area contributed by atoms with Gasteiger partial charge in [0, 0.05) is 18.4 Å². The molecule has 1 aromatic carbocycles. The molecular weight excluding hydrogens is 338 g/mol. The van der Waals surface area contributed by atoms with Gasteiger partial charge in [-0.3, -0.25) is 14.6 Å². The van der Waals surface area contributed by atoms with E-state index in [1.807, 2.05) is 48.5 Å². The largest absolute Gasteiger partial charge is 0.330 e. The van der Waals surface area contributed by atoms with E-state index in [9.17, 15) is 9.59 Å². The zero-order valence-electron chi connectivity index (χ0n) is 15.0. The molecule has 5 nitrogen and oxygen atoms in total. The summed E-state index contributed by atoms with van der Waals surface area (Å²) in [6.45, 7) is 0.639. The summed E-state index contributed by atoms with van der Waals surface area (Å²) in [7, 11) is 0. The molecule has 1 aliphatic rings. The summed E-state index contributed by atoms with van der Waals surface area (Å²) >= 11 is 0. The van der Waals surface area contributed by atoms with Crippen LogP contribution in [0.5, 0.6) is 0 Å². The van der Waals surface area contributed by atoms with Crippen LogP contribution < -0.4 is 5.56 Å². The first-order chi connectivity index (χ1) is 13.2. The molecule has 3 heterocycles. The van der Waals surface area contributed by atoms with E-state index in [1.54, 1.807) is 23.2 Å². The average molecular weight is 359 g/mol. The quantitative estimate of drug-likeness (QED) is 0.773. The van der Waals surface area contributed by atoms with E-state index in [-0.39, 0.29) is 23.1 Å². The van der Waals surface area contributed by atoms with Crippen molar-refractivity contribution < 1.29 is 4.79 Å². The maximum atomic E-state index is 13.1. The molecule has 4 rings (SSSR count). The number of likely N-dealkylation sites (tertiary alicyclic amines) is 1. The molecule has 0 bridgehead atoms. The summed E-state index contributed by atoms with van der Waals surface area (Å²) in [6.07, 6.45) is 4.60. The maximum Gasteiger partial charge on any atom is 0.261 e. The van der Waals surface area contributed by atoms with Crippen molar-refractivity contribution >= 4 is 5.91 Å². The number of nitrogens with one attached hydrogen (secondary N) is 1. The molecule has 1 fully saturated rings. The number of pyridine rings is 2. The third-order valence-corrected chi connectivity index (χ3v) is 5.02. The first-order valence-corrected chi connectivity index (χ1v) is 9.25. The van der Waals surface area contributed by atoms with Crippen LogP contribution in [-0.4, -0.2) is 27.3 Å². The van der Waals surface area contributed by atoms with E-state index in [2.05, 4.69) is 9.97 Å². The third kappa shape index (κ3) is 3.53. The van der Waals surface area contributed by atoms with Crippen LogP contribution in [0.15, 0.2) is 71.7 Å². The van der Waals surface area contributed by atoms with Crippen LogP contribution in [0.2, 0.25) is 0 Å². The van der Waals surface area contributed by atoms with Crippen LogP contribution in [0, 0.1) is 0 Å². The van der Waals surface area contributed by atoms with Crippen LogP contribution in [0.3, 0.4) is 0 Å². The predicted molar refractivity (Wildman–Crippen MR) is 104 cm³/mol. The fourth-order valence-electron chi connectivity index (χ4n) is 3.64. The molecule has 2 aromatic heterocycles. The molecule has 0 unspecified atom stereocenters. The van der Waals surface area contributed by atoms with Gasteiger partial charge in [-0.25, -0.2) is 0 Å². The van der Waals surface area contributed by atoms with E-state index >= 15 is 0 Å². The fourth-order valence-corrected chi connectivity index (χ4v) is 3.64. The monoisotopic (exact) mass is 359 g/mol. The Labute approximate surface area is 157 Å². The summed E-state index contributed by atoms with van der Waals surface area (Å²) in [5, 5.41) is 0. The zero-order chi connectivity index (χ0) is 18.6. The predicted octanol–water partition coefficient (Wildman–Crippen LogP) is 3.80. The Morgan fingerprint density at radius 3 is 2.56 bits per heavy atom. The second-order valence-corrected chi connectivity index (χ2v) is 6.75. The van der Waals surface area contributed by atoms with Gasteiger partial charge in [0.25, 0.3) is 11.5 Å². The number of H-pyrrole nitrogens is 1. The summed E-state index contributed by atoms with van der Waals surface area (Å²) in [6, 6.07) is 18.7. The first-order valence-electron chi connectivity index (χ1n) is 9.25. The summed E-state index contributed by atoms with van der Waals surface area (Å²) < 4.78 is 0. The lowest BCUT2D eigenvalue weighted by atomic mass is 9.97. The molecule has 1 amide bonds. The van der Waals surface area contributed by atoms with Gasteiger partial charge in [0.1, 0.15) is 5.56 Å². The van der Waals surface area contributed by atoms with Crippen molar-refractivity contribution in [3.8, 4) is 11.3 Å². The highest BCUT2D eigenvalue weighted by atomic mass is 16.2. The highest BCUT2D eigenvalue weighted by molar-refractivity contribution is 5.94. The molecule has 0 saturated carbocycles. The van der Waals surface area contributed by atoms with Gasteiger partial charge in [-0.15, -0.1) is 0 Å². The van der Waals surface area contributed by atoms with E-state index < -0.39 is 0 Å². The maximum absolute atomic E-state index is 13.1. The average Bonchev–Trinajstić information content (AvgIpc) is 2.74. The lowest BCUT2D eigenvalue weighted by Crippen LogP contribution is -2.41. The summed E-state index contributed by atoms with van der Waals surface area (Å²) in [5.74, 6) is -0.230. The SMILES string of the molecule is O=C(c1ccc(-c2ccccc2)[nH]c1=O)N1CCCC[C@@H]1c1ccccn1. The van der Waals surface area contributed by atoms with Gasteiger partial charge in [0.05, 0.1) is 11.7 Å². The molecule has 1 aliphatic heterocycles. The Kier molecular flexibility index (Phi) is 4.83. The van der Waals surface area contributed by atoms with E-state index in [0.29, 0.717) is 12.2 Å². The molecule has 0 radical (unpaired) electrons. The Bertz CT molecular complexity index is 983. The van der Waals surface area contributed by atoms with Crippen LogP contribution in [-0.2, 0) is 0 Å². The van der Waals surface area contributed by atoms with Gasteiger partial charge in [-0.1, -0.05) is 36.4 Å². The Balaban J connectivity index is 1.64. The van der Waals surface area contributed by atoms with Crippen molar-refractivity contribution in [3.63, 3.8) is 0 Å². The van der Waals surface area contributed by atoms with Crippen LogP contribution >= 0.6 is 0 Å². The minimum absolute atomic E-state index is 0.0827. The number of carbonyl (C=O) groups excluding carboxylic acids is 1. The first kappa shape index (κ1) is 17.2. The second-order valence-electron chi connectivity index (χ2n) is 6.75. The fraction of sp³-hybridized carbons (Fsp3) is 0.227. The number of amides is 1. The molecule has 1 N–H and O–H groups in total. The van der Waals surface area contributed by atoms with Gasteiger partial charge in [-0.2, -0.15) is 0 Å². The van der Waals surface area contributed by atoms with Crippen molar-refractivity contribution in [2.45, 2.75) is 25.3 Å².